The van der Waals surface area contributed by atoms with Gasteiger partial charge in [0.25, 0.3) is 0 Å². The van der Waals surface area contributed by atoms with E-state index in [0.717, 1.165) is 27.8 Å². The van der Waals surface area contributed by atoms with Gasteiger partial charge in [-0.2, -0.15) is 0 Å². The Morgan fingerprint density at radius 3 is 2.30 bits per heavy atom. The van der Waals surface area contributed by atoms with Crippen molar-refractivity contribution in [3.05, 3.63) is 151 Å². The molecule has 202 valence electrons. The molecule has 0 saturated carbocycles. The number of benzene rings is 6. The molecule has 3 heterocycles. The Balaban J connectivity index is 1.06. The average Bonchev–Trinajstić information content (AvgIpc) is 3.47. The van der Waals surface area contributed by atoms with Gasteiger partial charge in [-0.05, 0) is 51.2 Å². The van der Waals surface area contributed by atoms with Gasteiger partial charge in [-0.3, -0.25) is 0 Å². The molecule has 0 aliphatic carbocycles. The topological polar surface area (TPSA) is 24.9 Å². The van der Waals surface area contributed by atoms with Crippen LogP contribution in [0.5, 0.6) is 0 Å². The number of anilines is 1. The molecular formula is C40H26N2S. The number of nitrogens with zero attached hydrogens (tertiary/aromatic N) is 1. The minimum Gasteiger partial charge on any atom is -0.372 e. The maximum absolute atomic E-state index is 5.20. The molecule has 1 unspecified atom stereocenters. The number of aromatic nitrogens is 1. The number of nitrogens with one attached hydrogen (secondary N) is 1. The van der Waals surface area contributed by atoms with Crippen molar-refractivity contribution in [3.63, 3.8) is 0 Å². The summed E-state index contributed by atoms with van der Waals surface area (Å²) in [6.07, 6.45) is 4.48. The lowest BCUT2D eigenvalue weighted by Gasteiger charge is -2.24. The molecule has 1 aliphatic rings. The highest BCUT2D eigenvalue weighted by Crippen LogP contribution is 2.41. The minimum absolute atomic E-state index is 0.0680. The minimum atomic E-state index is 0.0680. The van der Waals surface area contributed by atoms with Gasteiger partial charge in [0, 0.05) is 31.1 Å². The monoisotopic (exact) mass is 566 g/mol. The molecule has 0 radical (unpaired) electrons. The molecule has 3 heteroatoms. The van der Waals surface area contributed by atoms with E-state index in [1.165, 1.54) is 53.2 Å². The van der Waals surface area contributed by atoms with E-state index in [1.807, 2.05) is 11.3 Å². The van der Waals surface area contributed by atoms with Crippen molar-refractivity contribution in [3.8, 4) is 22.4 Å². The first-order chi connectivity index (χ1) is 21.3. The molecule has 2 aromatic heterocycles. The fraction of sp³-hybridized carbons (Fsp3) is 0.0250. The lowest BCUT2D eigenvalue weighted by molar-refractivity contribution is 0.981. The molecule has 6 aromatic carbocycles. The summed E-state index contributed by atoms with van der Waals surface area (Å²) in [4.78, 5) is 5.20. The van der Waals surface area contributed by atoms with Gasteiger partial charge in [-0.15, -0.1) is 11.3 Å². The van der Waals surface area contributed by atoms with Crippen molar-refractivity contribution >= 4 is 64.9 Å². The summed E-state index contributed by atoms with van der Waals surface area (Å²) in [7, 11) is 0. The number of hydrogen-bond acceptors (Lipinski definition) is 3. The van der Waals surface area contributed by atoms with Crippen LogP contribution < -0.4 is 5.32 Å². The van der Waals surface area contributed by atoms with E-state index in [2.05, 4.69) is 151 Å². The molecule has 2 nitrogen and oxygen atoms in total. The summed E-state index contributed by atoms with van der Waals surface area (Å²) in [5, 5.41) is 10.1. The van der Waals surface area contributed by atoms with Crippen LogP contribution in [0.4, 0.5) is 5.69 Å². The molecule has 0 fully saturated rings. The van der Waals surface area contributed by atoms with Crippen LogP contribution in [0.1, 0.15) is 17.2 Å². The third-order valence-electron chi connectivity index (χ3n) is 8.69. The highest BCUT2D eigenvalue weighted by atomic mass is 32.1. The van der Waals surface area contributed by atoms with Crippen LogP contribution in [-0.4, -0.2) is 4.98 Å². The van der Waals surface area contributed by atoms with Crippen LogP contribution in [-0.2, 0) is 0 Å². The van der Waals surface area contributed by atoms with Gasteiger partial charge in [0.05, 0.1) is 22.9 Å². The van der Waals surface area contributed by atoms with Crippen LogP contribution in [0, 0.1) is 0 Å². The second-order valence-electron chi connectivity index (χ2n) is 11.2. The number of rotatable bonds is 3. The number of thiophene rings is 1. The zero-order valence-electron chi connectivity index (χ0n) is 23.3. The third-order valence-corrected chi connectivity index (χ3v) is 9.91. The first kappa shape index (κ1) is 24.4. The zero-order chi connectivity index (χ0) is 28.3. The molecule has 1 atom stereocenters. The Morgan fingerprint density at radius 1 is 0.605 bits per heavy atom. The summed E-state index contributed by atoms with van der Waals surface area (Å²) in [6, 6.07) is 48.2. The zero-order valence-corrected chi connectivity index (χ0v) is 24.1. The van der Waals surface area contributed by atoms with E-state index in [4.69, 9.17) is 4.98 Å². The highest BCUT2D eigenvalue weighted by molar-refractivity contribution is 7.26. The van der Waals surface area contributed by atoms with Crippen molar-refractivity contribution in [1.82, 2.24) is 4.98 Å². The fourth-order valence-electron chi connectivity index (χ4n) is 6.45. The summed E-state index contributed by atoms with van der Waals surface area (Å²) in [5.41, 5.74) is 9.14. The second kappa shape index (κ2) is 9.65. The van der Waals surface area contributed by atoms with Crippen molar-refractivity contribution in [2.75, 3.05) is 5.32 Å². The first-order valence-corrected chi connectivity index (χ1v) is 15.5. The molecule has 1 aliphatic heterocycles. The lowest BCUT2D eigenvalue weighted by Crippen LogP contribution is -2.13. The summed E-state index contributed by atoms with van der Waals surface area (Å²) in [6.45, 7) is 0. The smallest absolute Gasteiger partial charge is 0.0947 e. The first-order valence-electron chi connectivity index (χ1n) is 14.7. The van der Waals surface area contributed by atoms with E-state index >= 15 is 0 Å². The van der Waals surface area contributed by atoms with Crippen molar-refractivity contribution in [2.45, 2.75) is 6.04 Å². The van der Waals surface area contributed by atoms with Gasteiger partial charge in [-0.25, -0.2) is 4.98 Å². The van der Waals surface area contributed by atoms with Crippen LogP contribution >= 0.6 is 11.3 Å². The Bertz CT molecular complexity index is 2380. The Labute approximate surface area is 253 Å². The van der Waals surface area contributed by atoms with Gasteiger partial charge in [0.1, 0.15) is 0 Å². The number of hydrogen-bond donors (Lipinski definition) is 1. The SMILES string of the molecule is C1=CC(c2ccc(-c3cccc4c3sc3ccccc34)cc2)Nc2c1ccc1ccc(-c3ccc4ccccc4c3)nc21. The molecule has 0 amide bonds. The Hall–Kier alpha value is -5.25. The maximum atomic E-state index is 5.20. The van der Waals surface area contributed by atoms with Crippen molar-refractivity contribution in [1.29, 1.82) is 0 Å². The maximum Gasteiger partial charge on any atom is 0.0947 e. The van der Waals surface area contributed by atoms with E-state index in [1.54, 1.807) is 0 Å². The molecule has 1 N–H and O–H groups in total. The molecule has 0 saturated heterocycles. The molecule has 43 heavy (non-hydrogen) atoms. The van der Waals surface area contributed by atoms with Crippen LogP contribution in [0.25, 0.3) is 70.3 Å². The normalized spacial score (nSPS) is 14.4. The van der Waals surface area contributed by atoms with Crippen molar-refractivity contribution in [2.24, 2.45) is 0 Å². The van der Waals surface area contributed by atoms with E-state index < -0.39 is 0 Å². The quantitative estimate of drug-likeness (QED) is 0.230. The number of pyridine rings is 1. The van der Waals surface area contributed by atoms with Gasteiger partial charge in [0.2, 0.25) is 0 Å². The summed E-state index contributed by atoms with van der Waals surface area (Å²) < 4.78 is 2.68. The molecule has 8 aromatic rings. The summed E-state index contributed by atoms with van der Waals surface area (Å²) >= 11 is 1.88. The number of fused-ring (bicyclic) bond motifs is 7. The van der Waals surface area contributed by atoms with Gasteiger partial charge in [-0.1, -0.05) is 127 Å². The Kier molecular flexibility index (Phi) is 5.47. The van der Waals surface area contributed by atoms with Crippen molar-refractivity contribution < 1.29 is 0 Å². The summed E-state index contributed by atoms with van der Waals surface area (Å²) in [5.74, 6) is 0. The Morgan fingerprint density at radius 2 is 1.37 bits per heavy atom. The molecular weight excluding hydrogens is 541 g/mol. The highest BCUT2D eigenvalue weighted by Gasteiger charge is 2.19. The van der Waals surface area contributed by atoms with Crippen LogP contribution in [0.2, 0.25) is 0 Å². The van der Waals surface area contributed by atoms with E-state index in [0.29, 0.717) is 0 Å². The van der Waals surface area contributed by atoms with Crippen LogP contribution in [0.3, 0.4) is 0 Å². The van der Waals surface area contributed by atoms with Crippen LogP contribution in [0.15, 0.2) is 140 Å². The van der Waals surface area contributed by atoms with Gasteiger partial charge in [0.15, 0.2) is 0 Å². The molecule has 0 bridgehead atoms. The van der Waals surface area contributed by atoms with Gasteiger partial charge < -0.3 is 5.32 Å². The molecule has 9 rings (SSSR count). The standard InChI is InChI=1S/C40H26N2S/c1-2-7-30-24-31(19-12-25(30)6-1)36-23-21-29-18-17-28-20-22-35(41-38(28)39(29)42-36)27-15-13-26(14-16-27)32-9-5-10-34-33-8-3-4-11-37(33)43-40(32)34/h1-24,35,41H. The average molecular weight is 567 g/mol. The van der Waals surface area contributed by atoms with E-state index in [9.17, 15) is 0 Å². The molecule has 0 spiro atoms. The second-order valence-corrected chi connectivity index (χ2v) is 12.3. The van der Waals surface area contributed by atoms with Gasteiger partial charge >= 0.3 is 0 Å². The fourth-order valence-corrected chi connectivity index (χ4v) is 7.69. The predicted molar refractivity (Wildman–Crippen MR) is 185 cm³/mol. The third kappa shape index (κ3) is 4.04. The largest absolute Gasteiger partial charge is 0.372 e. The predicted octanol–water partition coefficient (Wildman–Crippen LogP) is 11.3. The van der Waals surface area contributed by atoms with E-state index in [-0.39, 0.29) is 6.04 Å². The lowest BCUT2D eigenvalue weighted by atomic mass is 9.95.